The molecule has 1 saturated heterocycles. The quantitative estimate of drug-likeness (QED) is 0.379. The molecule has 0 spiro atoms. The van der Waals surface area contributed by atoms with E-state index in [0.29, 0.717) is 32.1 Å². The molecular weight excluding hydrogens is 439 g/mol. The van der Waals surface area contributed by atoms with E-state index in [-0.39, 0.29) is 29.7 Å². The van der Waals surface area contributed by atoms with Gasteiger partial charge >= 0.3 is 0 Å². The molecule has 0 atom stereocenters. The summed E-state index contributed by atoms with van der Waals surface area (Å²) in [4.78, 5) is 4.19. The molecule has 0 bridgehead atoms. The van der Waals surface area contributed by atoms with Crippen LogP contribution in [0.3, 0.4) is 0 Å². The highest BCUT2D eigenvalue weighted by atomic mass is 127. The minimum Gasteiger partial charge on any atom is -0.355 e. The molecule has 8 heteroatoms. The molecule has 1 aliphatic heterocycles. The van der Waals surface area contributed by atoms with Gasteiger partial charge in [-0.05, 0) is 24.0 Å². The molecule has 2 rings (SSSR count). The number of sulfonamides is 1. The Morgan fingerprint density at radius 2 is 1.96 bits per heavy atom. The highest BCUT2D eigenvalue weighted by Crippen LogP contribution is 2.12. The van der Waals surface area contributed by atoms with Gasteiger partial charge in [-0.25, -0.2) is 12.7 Å². The van der Waals surface area contributed by atoms with Crippen molar-refractivity contribution in [3.63, 3.8) is 0 Å². The van der Waals surface area contributed by atoms with E-state index in [0.717, 1.165) is 12.8 Å². The molecule has 24 heavy (non-hydrogen) atoms. The average Bonchev–Trinajstić information content (AvgIpc) is 2.89. The number of aliphatic imine (C=N–C) groups is 1. The zero-order valence-corrected chi connectivity index (χ0v) is 17.4. The van der Waals surface area contributed by atoms with Crippen LogP contribution in [0.4, 0.5) is 0 Å². The summed E-state index contributed by atoms with van der Waals surface area (Å²) in [6.07, 6.45) is 1.72. The second-order valence-corrected chi connectivity index (χ2v) is 7.63. The molecule has 0 amide bonds. The van der Waals surface area contributed by atoms with Crippen molar-refractivity contribution >= 4 is 40.0 Å². The number of guanidine groups is 1. The number of hydrogen-bond acceptors (Lipinski definition) is 3. The third-order valence-corrected chi connectivity index (χ3v) is 5.98. The first-order valence-corrected chi connectivity index (χ1v) is 9.67. The summed E-state index contributed by atoms with van der Waals surface area (Å²) in [6, 6.07) is 8.32. The Hall–Kier alpha value is -0.870. The van der Waals surface area contributed by atoms with Gasteiger partial charge < -0.3 is 10.6 Å². The lowest BCUT2D eigenvalue weighted by Gasteiger charge is -2.17. The molecule has 1 fully saturated rings. The molecule has 1 heterocycles. The van der Waals surface area contributed by atoms with Crippen molar-refractivity contribution in [2.75, 3.05) is 32.4 Å². The van der Waals surface area contributed by atoms with Crippen molar-refractivity contribution in [2.24, 2.45) is 4.99 Å². The topological polar surface area (TPSA) is 73.8 Å². The number of nitrogens with one attached hydrogen (secondary N) is 2. The Balaban J connectivity index is 0.00000288. The Kier molecular flexibility index (Phi) is 8.99. The lowest BCUT2D eigenvalue weighted by atomic mass is 10.1. The first kappa shape index (κ1) is 21.2. The van der Waals surface area contributed by atoms with Gasteiger partial charge in [-0.1, -0.05) is 31.2 Å². The smallest absolute Gasteiger partial charge is 0.214 e. The minimum absolute atomic E-state index is 0. The van der Waals surface area contributed by atoms with Crippen LogP contribution in [0.15, 0.2) is 29.3 Å². The van der Waals surface area contributed by atoms with Crippen molar-refractivity contribution in [1.29, 1.82) is 0 Å². The predicted molar refractivity (Wildman–Crippen MR) is 109 cm³/mol. The Morgan fingerprint density at radius 3 is 2.54 bits per heavy atom. The van der Waals surface area contributed by atoms with Gasteiger partial charge in [0.15, 0.2) is 5.96 Å². The van der Waals surface area contributed by atoms with Crippen LogP contribution in [0.2, 0.25) is 0 Å². The largest absolute Gasteiger partial charge is 0.355 e. The van der Waals surface area contributed by atoms with E-state index in [1.807, 2.05) is 12.1 Å². The normalized spacial score (nSPS) is 17.3. The summed E-state index contributed by atoms with van der Waals surface area (Å²) in [5.74, 6) is 0.959. The summed E-state index contributed by atoms with van der Waals surface area (Å²) in [5, 5.41) is 6.45. The van der Waals surface area contributed by atoms with Crippen LogP contribution in [0, 0.1) is 0 Å². The molecule has 1 aromatic carbocycles. The van der Waals surface area contributed by atoms with Gasteiger partial charge in [0.1, 0.15) is 0 Å². The van der Waals surface area contributed by atoms with E-state index in [1.165, 1.54) is 11.1 Å². The molecule has 136 valence electrons. The van der Waals surface area contributed by atoms with E-state index in [4.69, 9.17) is 0 Å². The van der Waals surface area contributed by atoms with E-state index in [9.17, 15) is 8.42 Å². The fourth-order valence-electron chi connectivity index (χ4n) is 2.72. The average molecular weight is 466 g/mol. The van der Waals surface area contributed by atoms with Crippen LogP contribution in [0.5, 0.6) is 0 Å². The number of benzene rings is 1. The highest BCUT2D eigenvalue weighted by molar-refractivity contribution is 14.0. The first-order valence-electron chi connectivity index (χ1n) is 8.06. The third kappa shape index (κ3) is 5.89. The second kappa shape index (κ2) is 10.2. The highest BCUT2D eigenvalue weighted by Gasteiger charge is 2.27. The Bertz CT molecular complexity index is 649. The summed E-state index contributed by atoms with van der Waals surface area (Å²) in [7, 11) is -1.31. The second-order valence-electron chi connectivity index (χ2n) is 5.54. The van der Waals surface area contributed by atoms with E-state index in [1.54, 1.807) is 11.4 Å². The zero-order valence-electron chi connectivity index (χ0n) is 14.3. The maximum Gasteiger partial charge on any atom is 0.214 e. The van der Waals surface area contributed by atoms with E-state index >= 15 is 0 Å². The van der Waals surface area contributed by atoms with Crippen LogP contribution in [0.25, 0.3) is 0 Å². The number of halogens is 1. The van der Waals surface area contributed by atoms with Crippen molar-refractivity contribution < 1.29 is 8.42 Å². The van der Waals surface area contributed by atoms with E-state index in [2.05, 4.69) is 34.7 Å². The molecular formula is C16H27IN4O2S. The standard InChI is InChI=1S/C16H26N4O2S.HI/c1-3-14-7-4-5-8-15(14)13-19-16(17-2)18-9-11-20-10-6-12-23(20,21)22;/h4-5,7-8H,3,6,9-13H2,1-2H3,(H2,17,18,19);1H. The van der Waals surface area contributed by atoms with Crippen LogP contribution in [-0.2, 0) is 23.0 Å². The van der Waals surface area contributed by atoms with Gasteiger partial charge in [0.2, 0.25) is 10.0 Å². The maximum absolute atomic E-state index is 11.7. The molecule has 0 aromatic heterocycles. The summed E-state index contributed by atoms with van der Waals surface area (Å²) < 4.78 is 25.0. The van der Waals surface area contributed by atoms with Gasteiger partial charge in [-0.15, -0.1) is 24.0 Å². The van der Waals surface area contributed by atoms with Gasteiger partial charge in [-0.2, -0.15) is 0 Å². The molecule has 0 unspecified atom stereocenters. The fraction of sp³-hybridized carbons (Fsp3) is 0.562. The van der Waals surface area contributed by atoms with Crippen LogP contribution < -0.4 is 10.6 Å². The molecule has 0 saturated carbocycles. The maximum atomic E-state index is 11.7. The molecule has 0 radical (unpaired) electrons. The number of aryl methyl sites for hydroxylation is 1. The van der Waals surface area contributed by atoms with Crippen molar-refractivity contribution in [2.45, 2.75) is 26.3 Å². The minimum atomic E-state index is -3.02. The van der Waals surface area contributed by atoms with Crippen LogP contribution >= 0.6 is 24.0 Å². The van der Waals surface area contributed by atoms with E-state index < -0.39 is 10.0 Å². The van der Waals surface area contributed by atoms with Gasteiger partial charge in [-0.3, -0.25) is 4.99 Å². The molecule has 1 aromatic rings. The van der Waals surface area contributed by atoms with Crippen molar-refractivity contribution in [1.82, 2.24) is 14.9 Å². The van der Waals surface area contributed by atoms with Crippen LogP contribution in [0.1, 0.15) is 24.5 Å². The molecule has 2 N–H and O–H groups in total. The van der Waals surface area contributed by atoms with Crippen molar-refractivity contribution in [3.05, 3.63) is 35.4 Å². The van der Waals surface area contributed by atoms with Gasteiger partial charge in [0, 0.05) is 33.2 Å². The molecule has 1 aliphatic rings. The SMILES string of the molecule is CCc1ccccc1CNC(=NC)NCCN1CCCS1(=O)=O.I. The van der Waals surface area contributed by atoms with Crippen molar-refractivity contribution in [3.8, 4) is 0 Å². The Morgan fingerprint density at radius 1 is 1.25 bits per heavy atom. The third-order valence-electron chi connectivity index (χ3n) is 4.03. The molecule has 6 nitrogen and oxygen atoms in total. The fourth-order valence-corrected chi connectivity index (χ4v) is 4.24. The number of nitrogens with zero attached hydrogens (tertiary/aromatic N) is 2. The Labute approximate surface area is 162 Å². The molecule has 0 aliphatic carbocycles. The summed E-state index contributed by atoms with van der Waals surface area (Å²) in [6.45, 7) is 4.50. The lowest BCUT2D eigenvalue weighted by Crippen LogP contribution is -2.41. The van der Waals surface area contributed by atoms with Gasteiger partial charge in [0.25, 0.3) is 0 Å². The summed E-state index contributed by atoms with van der Waals surface area (Å²) in [5.41, 5.74) is 2.57. The zero-order chi connectivity index (χ0) is 16.7. The number of rotatable bonds is 6. The predicted octanol–water partition coefficient (Wildman–Crippen LogP) is 1.57. The number of hydrogen-bond donors (Lipinski definition) is 2. The monoisotopic (exact) mass is 466 g/mol. The van der Waals surface area contributed by atoms with Crippen LogP contribution in [-0.4, -0.2) is 51.1 Å². The summed E-state index contributed by atoms with van der Waals surface area (Å²) >= 11 is 0. The van der Waals surface area contributed by atoms with Gasteiger partial charge in [0.05, 0.1) is 5.75 Å². The lowest BCUT2D eigenvalue weighted by molar-refractivity contribution is 0.445. The first-order chi connectivity index (χ1) is 11.1.